The number of rotatable bonds is 9. The number of amides is 1. The van der Waals surface area contributed by atoms with E-state index >= 15 is 4.39 Å². The molecule has 0 aromatic heterocycles. The summed E-state index contributed by atoms with van der Waals surface area (Å²) in [6, 6.07) is 12.1. The third kappa shape index (κ3) is 6.69. The monoisotopic (exact) mass is 632 g/mol. The van der Waals surface area contributed by atoms with Gasteiger partial charge in [0.15, 0.2) is 0 Å². The van der Waals surface area contributed by atoms with E-state index < -0.39 is 34.8 Å². The van der Waals surface area contributed by atoms with E-state index in [1.165, 1.54) is 21.9 Å². The molecule has 0 saturated carbocycles. The Morgan fingerprint density at radius 1 is 0.978 bits per heavy atom. The number of esters is 1. The molecule has 0 aliphatic carbocycles. The van der Waals surface area contributed by atoms with Gasteiger partial charge >= 0.3 is 12.1 Å². The lowest BCUT2D eigenvalue weighted by molar-refractivity contribution is -0.159. The molecule has 1 amide bonds. The van der Waals surface area contributed by atoms with Gasteiger partial charge in [-0.25, -0.2) is 8.78 Å². The summed E-state index contributed by atoms with van der Waals surface area (Å²) in [5.41, 5.74) is -1.12. The molecule has 5 rings (SSSR count). The molecule has 0 spiro atoms. The SMILES string of the molecule is CCOC(=O)C1(COc2ccc(F)c3c2CCC(=O)N3Cc2ccc(OC)cc2)CCN(c2cc(F)ccc2C(F)(F)F)CC1. The minimum atomic E-state index is -4.69. The van der Waals surface area contributed by atoms with Crippen LogP contribution < -0.4 is 19.3 Å². The molecule has 7 nitrogen and oxygen atoms in total. The van der Waals surface area contributed by atoms with E-state index in [1.54, 1.807) is 38.3 Å². The van der Waals surface area contributed by atoms with Gasteiger partial charge in [0.25, 0.3) is 0 Å². The van der Waals surface area contributed by atoms with Crippen molar-refractivity contribution >= 4 is 23.3 Å². The largest absolute Gasteiger partial charge is 0.497 e. The summed E-state index contributed by atoms with van der Waals surface area (Å²) in [5, 5.41) is 0. The number of ether oxygens (including phenoxy) is 3. The molecule has 2 heterocycles. The van der Waals surface area contributed by atoms with Crippen molar-refractivity contribution in [3.63, 3.8) is 0 Å². The Kier molecular flexibility index (Phi) is 9.22. The molecule has 3 aromatic rings. The summed E-state index contributed by atoms with van der Waals surface area (Å²) < 4.78 is 87.1. The van der Waals surface area contributed by atoms with Crippen LogP contribution in [0.25, 0.3) is 0 Å². The zero-order valence-corrected chi connectivity index (χ0v) is 24.9. The minimum absolute atomic E-state index is 0.0143. The number of piperidine rings is 1. The van der Waals surface area contributed by atoms with Gasteiger partial charge in [0, 0.05) is 25.1 Å². The van der Waals surface area contributed by atoms with Gasteiger partial charge in [-0.05, 0) is 74.2 Å². The number of halogens is 5. The van der Waals surface area contributed by atoms with Crippen LogP contribution in [0.2, 0.25) is 0 Å². The van der Waals surface area contributed by atoms with E-state index in [4.69, 9.17) is 14.2 Å². The van der Waals surface area contributed by atoms with Crippen molar-refractivity contribution in [1.82, 2.24) is 0 Å². The average Bonchev–Trinajstić information content (AvgIpc) is 3.02. The number of methoxy groups -OCH3 is 1. The number of nitrogens with zero attached hydrogens (tertiary/aromatic N) is 2. The highest BCUT2D eigenvalue weighted by atomic mass is 19.4. The maximum Gasteiger partial charge on any atom is 0.418 e. The molecule has 2 aliphatic heterocycles. The fourth-order valence-corrected chi connectivity index (χ4v) is 5.92. The predicted octanol–water partition coefficient (Wildman–Crippen LogP) is 6.70. The number of hydrogen-bond donors (Lipinski definition) is 0. The Hall–Kier alpha value is -4.35. The van der Waals surface area contributed by atoms with Crippen LogP contribution >= 0.6 is 0 Å². The van der Waals surface area contributed by atoms with E-state index in [-0.39, 0.29) is 75.8 Å². The third-order valence-corrected chi connectivity index (χ3v) is 8.39. The first-order chi connectivity index (χ1) is 21.5. The van der Waals surface area contributed by atoms with Gasteiger partial charge in [-0.3, -0.25) is 9.59 Å². The number of alkyl halides is 3. The molecule has 0 radical (unpaired) electrons. The second kappa shape index (κ2) is 12.9. The van der Waals surface area contributed by atoms with Gasteiger partial charge in [-0.1, -0.05) is 12.1 Å². The van der Waals surface area contributed by atoms with E-state index in [9.17, 15) is 27.2 Å². The lowest BCUT2D eigenvalue weighted by Gasteiger charge is -2.41. The second-order valence-corrected chi connectivity index (χ2v) is 11.1. The van der Waals surface area contributed by atoms with Crippen molar-refractivity contribution < 1.29 is 45.8 Å². The standard InChI is InChI=1S/C33H33F5N2O5/c1-3-44-31(42)32(14-16-39(17-15-32)27-18-22(34)6-10-25(27)33(36,37)38)20-45-28-12-11-26(35)30-24(28)9-13-29(41)40(30)19-21-4-7-23(43-2)8-5-21/h4-8,10-12,18H,3,9,13-17,19-20H2,1-2H3. The van der Waals surface area contributed by atoms with Crippen molar-refractivity contribution in [3.8, 4) is 11.5 Å². The maximum absolute atomic E-state index is 15.3. The normalized spacial score (nSPS) is 16.3. The summed E-state index contributed by atoms with van der Waals surface area (Å²) in [6.07, 6.45) is -4.20. The molecule has 0 unspecified atom stereocenters. The molecular weight excluding hydrogens is 599 g/mol. The number of benzene rings is 3. The van der Waals surface area contributed by atoms with Crippen LogP contribution in [-0.2, 0) is 33.5 Å². The third-order valence-electron chi connectivity index (χ3n) is 8.39. The molecule has 0 bridgehead atoms. The molecule has 1 fully saturated rings. The molecule has 0 atom stereocenters. The number of carbonyl (C=O) groups excluding carboxylic acids is 2. The maximum atomic E-state index is 15.3. The van der Waals surface area contributed by atoms with Gasteiger partial charge in [-0.2, -0.15) is 13.2 Å². The predicted molar refractivity (Wildman–Crippen MR) is 156 cm³/mol. The Balaban J connectivity index is 1.38. The quantitative estimate of drug-likeness (QED) is 0.193. The number of anilines is 2. The van der Waals surface area contributed by atoms with Crippen LogP contribution in [0, 0.1) is 17.0 Å². The second-order valence-electron chi connectivity index (χ2n) is 11.1. The molecule has 0 N–H and O–H groups in total. The summed E-state index contributed by atoms with van der Waals surface area (Å²) >= 11 is 0. The van der Waals surface area contributed by atoms with Gasteiger partial charge in [0.05, 0.1) is 37.2 Å². The molecule has 45 heavy (non-hydrogen) atoms. The van der Waals surface area contributed by atoms with Gasteiger partial charge in [-0.15, -0.1) is 0 Å². The van der Waals surface area contributed by atoms with E-state index in [2.05, 4.69) is 0 Å². The highest BCUT2D eigenvalue weighted by molar-refractivity contribution is 5.97. The lowest BCUT2D eigenvalue weighted by Crippen LogP contribution is -2.49. The van der Waals surface area contributed by atoms with Crippen molar-refractivity contribution in [1.29, 1.82) is 0 Å². The average molecular weight is 633 g/mol. The number of carbonyl (C=O) groups is 2. The number of hydrogen-bond acceptors (Lipinski definition) is 6. The fraction of sp³-hybridized carbons (Fsp3) is 0.394. The molecule has 1 saturated heterocycles. The highest BCUT2D eigenvalue weighted by Crippen LogP contribution is 2.43. The van der Waals surface area contributed by atoms with Crippen LogP contribution in [0.1, 0.15) is 42.9 Å². The fourth-order valence-electron chi connectivity index (χ4n) is 5.92. The van der Waals surface area contributed by atoms with Gasteiger partial charge < -0.3 is 24.0 Å². The van der Waals surface area contributed by atoms with Crippen LogP contribution in [0.15, 0.2) is 54.6 Å². The Bertz CT molecular complexity index is 1550. The lowest BCUT2D eigenvalue weighted by atomic mass is 9.78. The Morgan fingerprint density at radius 3 is 2.33 bits per heavy atom. The van der Waals surface area contributed by atoms with E-state index in [0.717, 1.165) is 17.7 Å². The zero-order valence-electron chi connectivity index (χ0n) is 24.9. The van der Waals surface area contributed by atoms with Crippen LogP contribution in [0.3, 0.4) is 0 Å². The zero-order chi connectivity index (χ0) is 32.4. The first kappa shape index (κ1) is 32.1. The van der Waals surface area contributed by atoms with Crippen molar-refractivity contribution in [2.75, 3.05) is 43.2 Å². The summed E-state index contributed by atoms with van der Waals surface area (Å²) in [5.74, 6) is -1.27. The molecular formula is C33H33F5N2O5. The molecule has 2 aliphatic rings. The summed E-state index contributed by atoms with van der Waals surface area (Å²) in [7, 11) is 1.54. The van der Waals surface area contributed by atoms with Crippen LogP contribution in [0.4, 0.5) is 33.3 Å². The van der Waals surface area contributed by atoms with Crippen molar-refractivity contribution in [2.45, 2.75) is 45.3 Å². The summed E-state index contributed by atoms with van der Waals surface area (Å²) in [6.45, 7) is 1.70. The van der Waals surface area contributed by atoms with Gasteiger partial charge in [0.2, 0.25) is 5.91 Å². The van der Waals surface area contributed by atoms with E-state index in [1.807, 2.05) is 0 Å². The minimum Gasteiger partial charge on any atom is -0.497 e. The van der Waals surface area contributed by atoms with E-state index in [0.29, 0.717) is 23.1 Å². The highest BCUT2D eigenvalue weighted by Gasteiger charge is 2.45. The first-order valence-corrected chi connectivity index (χ1v) is 14.6. The summed E-state index contributed by atoms with van der Waals surface area (Å²) in [4.78, 5) is 29.0. The first-order valence-electron chi connectivity index (χ1n) is 14.6. The van der Waals surface area contributed by atoms with Gasteiger partial charge in [0.1, 0.15) is 35.2 Å². The van der Waals surface area contributed by atoms with Crippen LogP contribution in [0.5, 0.6) is 11.5 Å². The smallest absolute Gasteiger partial charge is 0.418 e. The Labute approximate surface area is 257 Å². The van der Waals surface area contributed by atoms with Crippen LogP contribution in [-0.4, -0.2) is 45.3 Å². The molecule has 12 heteroatoms. The van der Waals surface area contributed by atoms with Crippen molar-refractivity contribution in [2.24, 2.45) is 5.41 Å². The Morgan fingerprint density at radius 2 is 1.69 bits per heavy atom. The number of fused-ring (bicyclic) bond motifs is 1. The topological polar surface area (TPSA) is 68.3 Å². The van der Waals surface area contributed by atoms with Crippen molar-refractivity contribution in [3.05, 3.63) is 82.9 Å². The molecule has 3 aromatic carbocycles. The molecule has 240 valence electrons.